The van der Waals surface area contributed by atoms with Crippen molar-refractivity contribution < 1.29 is 5.11 Å². The molecule has 0 amide bonds. The van der Waals surface area contributed by atoms with Gasteiger partial charge in [-0.15, -0.1) is 0 Å². The highest BCUT2D eigenvalue weighted by molar-refractivity contribution is 5.26. The molecule has 1 aromatic heterocycles. The van der Waals surface area contributed by atoms with E-state index in [4.69, 9.17) is 5.11 Å². The fraction of sp³-hybridized carbons (Fsp3) is 0.214. The Morgan fingerprint density at radius 2 is 1.69 bits per heavy atom. The van der Waals surface area contributed by atoms with Crippen LogP contribution in [0.2, 0.25) is 0 Å². The zero-order valence-corrected chi connectivity index (χ0v) is 9.35. The summed E-state index contributed by atoms with van der Waals surface area (Å²) >= 11 is 0. The Morgan fingerprint density at radius 1 is 1.00 bits per heavy atom. The highest BCUT2D eigenvalue weighted by atomic mass is 16.3. The zero-order chi connectivity index (χ0) is 11.4. The molecule has 1 aromatic carbocycles. The second-order valence-corrected chi connectivity index (χ2v) is 3.92. The summed E-state index contributed by atoms with van der Waals surface area (Å²) in [6.07, 6.45) is 0.841. The number of hydrogen-bond acceptors (Lipinski definition) is 2. The van der Waals surface area contributed by atoms with Gasteiger partial charge < -0.3 is 5.11 Å². The van der Waals surface area contributed by atoms with Crippen LogP contribution in [0, 0.1) is 6.92 Å². The molecular formula is C14H15NO. The van der Waals surface area contributed by atoms with E-state index in [0.717, 1.165) is 23.4 Å². The molecule has 0 unspecified atom stereocenters. The molecule has 0 saturated heterocycles. The van der Waals surface area contributed by atoms with Crippen LogP contribution in [0.15, 0.2) is 42.5 Å². The fourth-order valence-electron chi connectivity index (χ4n) is 1.67. The maximum atomic E-state index is 8.94. The lowest BCUT2D eigenvalue weighted by Gasteiger charge is -2.03. The van der Waals surface area contributed by atoms with Gasteiger partial charge in [-0.1, -0.05) is 30.3 Å². The molecule has 2 heteroatoms. The van der Waals surface area contributed by atoms with Gasteiger partial charge in [0.15, 0.2) is 0 Å². The Labute approximate surface area is 95.6 Å². The minimum atomic E-state index is 0.100. The third-order valence-electron chi connectivity index (χ3n) is 2.54. The van der Waals surface area contributed by atoms with Gasteiger partial charge in [0.25, 0.3) is 0 Å². The van der Waals surface area contributed by atoms with Gasteiger partial charge in [0, 0.05) is 17.8 Å². The standard InChI is InChI=1S/C14H15NO/c1-11-3-2-4-14(15-11)9-12-5-7-13(10-16)8-6-12/h2-8,16H,9-10H2,1H3. The van der Waals surface area contributed by atoms with E-state index in [-0.39, 0.29) is 6.61 Å². The summed E-state index contributed by atoms with van der Waals surface area (Å²) in [7, 11) is 0. The monoisotopic (exact) mass is 213 g/mol. The predicted octanol–water partition coefficient (Wildman–Crippen LogP) is 2.47. The van der Waals surface area contributed by atoms with E-state index in [9.17, 15) is 0 Å². The van der Waals surface area contributed by atoms with Crippen LogP contribution in [0.1, 0.15) is 22.5 Å². The van der Waals surface area contributed by atoms with Crippen molar-refractivity contribution in [2.24, 2.45) is 0 Å². The molecule has 0 aliphatic rings. The van der Waals surface area contributed by atoms with Crippen LogP contribution in [0.5, 0.6) is 0 Å². The fourth-order valence-corrected chi connectivity index (χ4v) is 1.67. The third kappa shape index (κ3) is 2.67. The summed E-state index contributed by atoms with van der Waals surface area (Å²) < 4.78 is 0. The van der Waals surface area contributed by atoms with Crippen molar-refractivity contribution in [3.05, 3.63) is 65.0 Å². The van der Waals surface area contributed by atoms with Gasteiger partial charge in [-0.3, -0.25) is 4.98 Å². The number of nitrogens with zero attached hydrogens (tertiary/aromatic N) is 1. The van der Waals surface area contributed by atoms with Gasteiger partial charge in [0.2, 0.25) is 0 Å². The first-order valence-corrected chi connectivity index (χ1v) is 5.39. The lowest BCUT2D eigenvalue weighted by Crippen LogP contribution is -1.94. The van der Waals surface area contributed by atoms with Crippen LogP contribution in [-0.4, -0.2) is 10.1 Å². The number of aryl methyl sites for hydroxylation is 1. The highest BCUT2D eigenvalue weighted by Crippen LogP contribution is 2.09. The molecule has 82 valence electrons. The number of aliphatic hydroxyl groups excluding tert-OH is 1. The van der Waals surface area contributed by atoms with Crippen molar-refractivity contribution in [2.75, 3.05) is 0 Å². The molecule has 2 aromatic rings. The van der Waals surface area contributed by atoms with Gasteiger partial charge >= 0.3 is 0 Å². The molecule has 16 heavy (non-hydrogen) atoms. The molecule has 1 N–H and O–H groups in total. The number of aliphatic hydroxyl groups is 1. The molecule has 0 spiro atoms. The van der Waals surface area contributed by atoms with Crippen molar-refractivity contribution >= 4 is 0 Å². The Hall–Kier alpha value is -1.67. The summed E-state index contributed by atoms with van der Waals surface area (Å²) in [5.74, 6) is 0. The van der Waals surface area contributed by atoms with Crippen LogP contribution >= 0.6 is 0 Å². The van der Waals surface area contributed by atoms with Crippen LogP contribution < -0.4 is 0 Å². The number of hydrogen-bond donors (Lipinski definition) is 1. The molecular weight excluding hydrogens is 198 g/mol. The van der Waals surface area contributed by atoms with Gasteiger partial charge in [0.05, 0.1) is 6.61 Å². The summed E-state index contributed by atoms with van der Waals surface area (Å²) in [5, 5.41) is 8.94. The Bertz CT molecular complexity index is 462. The Morgan fingerprint density at radius 3 is 2.31 bits per heavy atom. The average Bonchev–Trinajstić information content (AvgIpc) is 2.30. The van der Waals surface area contributed by atoms with Crippen molar-refractivity contribution in [1.82, 2.24) is 4.98 Å². The second kappa shape index (κ2) is 4.90. The maximum Gasteiger partial charge on any atom is 0.0681 e. The number of benzene rings is 1. The SMILES string of the molecule is Cc1cccc(Cc2ccc(CO)cc2)n1. The lowest BCUT2D eigenvalue weighted by atomic mass is 10.1. The molecule has 1 heterocycles. The molecule has 0 aliphatic carbocycles. The zero-order valence-electron chi connectivity index (χ0n) is 9.35. The maximum absolute atomic E-state index is 8.94. The number of pyridine rings is 1. The average molecular weight is 213 g/mol. The third-order valence-corrected chi connectivity index (χ3v) is 2.54. The van der Waals surface area contributed by atoms with Crippen molar-refractivity contribution in [1.29, 1.82) is 0 Å². The quantitative estimate of drug-likeness (QED) is 0.849. The predicted molar refractivity (Wildman–Crippen MR) is 64.1 cm³/mol. The van der Waals surface area contributed by atoms with E-state index < -0.39 is 0 Å². The van der Waals surface area contributed by atoms with Crippen LogP contribution in [0.3, 0.4) is 0 Å². The van der Waals surface area contributed by atoms with E-state index in [0.29, 0.717) is 0 Å². The van der Waals surface area contributed by atoms with E-state index >= 15 is 0 Å². The summed E-state index contributed by atoms with van der Waals surface area (Å²) in [5.41, 5.74) is 4.29. The van der Waals surface area contributed by atoms with E-state index in [2.05, 4.69) is 4.98 Å². The summed E-state index contributed by atoms with van der Waals surface area (Å²) in [6, 6.07) is 14.0. The van der Waals surface area contributed by atoms with Gasteiger partial charge in [0.1, 0.15) is 0 Å². The van der Waals surface area contributed by atoms with Crippen LogP contribution in [0.25, 0.3) is 0 Å². The topological polar surface area (TPSA) is 33.1 Å². The molecule has 0 aliphatic heterocycles. The minimum Gasteiger partial charge on any atom is -0.392 e. The van der Waals surface area contributed by atoms with E-state index in [1.54, 1.807) is 0 Å². The molecule has 2 nitrogen and oxygen atoms in total. The summed E-state index contributed by atoms with van der Waals surface area (Å²) in [4.78, 5) is 4.46. The van der Waals surface area contributed by atoms with E-state index in [1.807, 2.05) is 49.4 Å². The molecule has 0 atom stereocenters. The van der Waals surface area contributed by atoms with E-state index in [1.165, 1.54) is 5.56 Å². The smallest absolute Gasteiger partial charge is 0.0681 e. The first-order chi connectivity index (χ1) is 7.78. The summed E-state index contributed by atoms with van der Waals surface area (Å²) in [6.45, 7) is 2.10. The minimum absolute atomic E-state index is 0.100. The Balaban J connectivity index is 2.14. The van der Waals surface area contributed by atoms with Crippen LogP contribution in [0.4, 0.5) is 0 Å². The van der Waals surface area contributed by atoms with Crippen molar-refractivity contribution in [2.45, 2.75) is 20.0 Å². The van der Waals surface area contributed by atoms with Gasteiger partial charge in [-0.05, 0) is 30.2 Å². The van der Waals surface area contributed by atoms with Gasteiger partial charge in [-0.2, -0.15) is 0 Å². The number of rotatable bonds is 3. The molecule has 0 fully saturated rings. The molecule has 0 radical (unpaired) electrons. The molecule has 0 bridgehead atoms. The normalized spacial score (nSPS) is 10.4. The van der Waals surface area contributed by atoms with Crippen LogP contribution in [-0.2, 0) is 13.0 Å². The number of aromatic nitrogens is 1. The molecule has 2 rings (SSSR count). The largest absolute Gasteiger partial charge is 0.392 e. The van der Waals surface area contributed by atoms with Crippen molar-refractivity contribution in [3.8, 4) is 0 Å². The first kappa shape index (κ1) is 10.8. The lowest BCUT2D eigenvalue weighted by molar-refractivity contribution is 0.282. The van der Waals surface area contributed by atoms with Gasteiger partial charge in [-0.25, -0.2) is 0 Å². The molecule has 0 saturated carbocycles. The second-order valence-electron chi connectivity index (χ2n) is 3.92. The Kier molecular flexibility index (Phi) is 3.32. The highest BCUT2D eigenvalue weighted by Gasteiger charge is 1.98. The first-order valence-electron chi connectivity index (χ1n) is 5.39. The van der Waals surface area contributed by atoms with Crippen molar-refractivity contribution in [3.63, 3.8) is 0 Å².